The third-order valence-electron chi connectivity index (χ3n) is 4.42. The van der Waals surface area contributed by atoms with E-state index in [2.05, 4.69) is 29.8 Å². The summed E-state index contributed by atoms with van der Waals surface area (Å²) in [7, 11) is 1.70. The van der Waals surface area contributed by atoms with Crippen molar-refractivity contribution in [1.29, 1.82) is 0 Å². The summed E-state index contributed by atoms with van der Waals surface area (Å²) in [5, 5.41) is 3.44. The molecule has 0 saturated carbocycles. The van der Waals surface area contributed by atoms with Crippen LogP contribution in [0.25, 0.3) is 11.0 Å². The fourth-order valence-electron chi connectivity index (χ4n) is 3.32. The summed E-state index contributed by atoms with van der Waals surface area (Å²) in [4.78, 5) is 4.90. The molecule has 1 N–H and O–H groups in total. The van der Waals surface area contributed by atoms with Crippen molar-refractivity contribution in [1.82, 2.24) is 14.9 Å². The second-order valence-corrected chi connectivity index (χ2v) is 6.24. The van der Waals surface area contributed by atoms with E-state index >= 15 is 0 Å². The molecule has 1 aromatic carbocycles. The van der Waals surface area contributed by atoms with Gasteiger partial charge < -0.3 is 14.6 Å². The molecule has 1 saturated heterocycles. The fourth-order valence-corrected chi connectivity index (χ4v) is 3.32. The SMILES string of the molecule is COc1ccc2c(c1)nc(CC1CCNCC1)n2C(C)C. The zero-order valence-corrected chi connectivity index (χ0v) is 13.2. The van der Waals surface area contributed by atoms with Crippen LogP contribution in [0.2, 0.25) is 0 Å². The standard InChI is InChI=1S/C17H25N3O/c1-12(2)20-16-5-4-14(21-3)11-15(16)19-17(20)10-13-6-8-18-9-7-13/h4-5,11-13,18H,6-10H2,1-3H3. The van der Waals surface area contributed by atoms with Crippen LogP contribution < -0.4 is 10.1 Å². The second kappa shape index (κ2) is 6.06. The van der Waals surface area contributed by atoms with Crippen molar-refractivity contribution in [3.8, 4) is 5.75 Å². The highest BCUT2D eigenvalue weighted by atomic mass is 16.5. The molecule has 2 aromatic rings. The van der Waals surface area contributed by atoms with Crippen LogP contribution in [0.15, 0.2) is 18.2 Å². The topological polar surface area (TPSA) is 39.1 Å². The van der Waals surface area contributed by atoms with Crippen LogP contribution in [0.3, 0.4) is 0 Å². The number of imidazole rings is 1. The van der Waals surface area contributed by atoms with Crippen molar-refractivity contribution in [2.45, 2.75) is 39.2 Å². The van der Waals surface area contributed by atoms with E-state index in [1.807, 2.05) is 12.1 Å². The molecule has 0 aliphatic carbocycles. The number of ether oxygens (including phenoxy) is 1. The minimum Gasteiger partial charge on any atom is -0.497 e. The first-order chi connectivity index (χ1) is 10.2. The number of aromatic nitrogens is 2. The van der Waals surface area contributed by atoms with Gasteiger partial charge in [-0.2, -0.15) is 0 Å². The summed E-state index contributed by atoms with van der Waals surface area (Å²) in [6.07, 6.45) is 3.59. The number of fused-ring (bicyclic) bond motifs is 1. The molecule has 0 amide bonds. The number of benzene rings is 1. The maximum Gasteiger partial charge on any atom is 0.121 e. The van der Waals surface area contributed by atoms with Gasteiger partial charge >= 0.3 is 0 Å². The Hall–Kier alpha value is -1.55. The van der Waals surface area contributed by atoms with Crippen molar-refractivity contribution in [3.05, 3.63) is 24.0 Å². The van der Waals surface area contributed by atoms with E-state index in [0.717, 1.165) is 36.7 Å². The lowest BCUT2D eigenvalue weighted by Crippen LogP contribution is -2.29. The molecular formula is C17H25N3O. The van der Waals surface area contributed by atoms with E-state index in [4.69, 9.17) is 9.72 Å². The molecule has 114 valence electrons. The summed E-state index contributed by atoms with van der Waals surface area (Å²) in [5.74, 6) is 2.85. The summed E-state index contributed by atoms with van der Waals surface area (Å²) in [6.45, 7) is 6.75. The summed E-state index contributed by atoms with van der Waals surface area (Å²) in [6, 6.07) is 6.63. The highest BCUT2D eigenvalue weighted by Crippen LogP contribution is 2.27. The van der Waals surface area contributed by atoms with Crippen LogP contribution in [0.5, 0.6) is 5.75 Å². The van der Waals surface area contributed by atoms with Crippen LogP contribution >= 0.6 is 0 Å². The molecule has 1 fully saturated rings. The molecule has 21 heavy (non-hydrogen) atoms. The predicted molar refractivity (Wildman–Crippen MR) is 86.0 cm³/mol. The van der Waals surface area contributed by atoms with Gasteiger partial charge in [0.15, 0.2) is 0 Å². The maximum absolute atomic E-state index is 5.32. The Morgan fingerprint density at radius 1 is 1.33 bits per heavy atom. The van der Waals surface area contributed by atoms with Crippen LogP contribution in [0, 0.1) is 5.92 Å². The molecule has 0 spiro atoms. The summed E-state index contributed by atoms with van der Waals surface area (Å²) >= 11 is 0. The Kier molecular flexibility index (Phi) is 4.15. The van der Waals surface area contributed by atoms with E-state index < -0.39 is 0 Å². The van der Waals surface area contributed by atoms with Gasteiger partial charge in [0.25, 0.3) is 0 Å². The number of hydrogen-bond donors (Lipinski definition) is 1. The highest BCUT2D eigenvalue weighted by Gasteiger charge is 2.19. The van der Waals surface area contributed by atoms with Gasteiger partial charge in [-0.05, 0) is 57.8 Å². The predicted octanol–water partition coefficient (Wildman–Crippen LogP) is 3.17. The molecule has 0 unspecified atom stereocenters. The largest absolute Gasteiger partial charge is 0.497 e. The van der Waals surface area contributed by atoms with Crippen LogP contribution in [0.4, 0.5) is 0 Å². The average molecular weight is 287 g/mol. The third-order valence-corrected chi connectivity index (χ3v) is 4.42. The van der Waals surface area contributed by atoms with Gasteiger partial charge in [0, 0.05) is 18.5 Å². The molecule has 4 heteroatoms. The van der Waals surface area contributed by atoms with Crippen molar-refractivity contribution in [3.63, 3.8) is 0 Å². The number of rotatable bonds is 4. The first kappa shape index (κ1) is 14.4. The normalized spacial score (nSPS) is 16.8. The van der Waals surface area contributed by atoms with Crippen LogP contribution in [0.1, 0.15) is 38.6 Å². The molecule has 0 atom stereocenters. The molecule has 1 aromatic heterocycles. The van der Waals surface area contributed by atoms with E-state index in [0.29, 0.717) is 6.04 Å². The smallest absolute Gasteiger partial charge is 0.121 e. The Morgan fingerprint density at radius 2 is 2.10 bits per heavy atom. The summed E-state index contributed by atoms with van der Waals surface area (Å²) in [5.41, 5.74) is 2.27. The first-order valence-corrected chi connectivity index (χ1v) is 7.94. The Labute approximate surface area is 126 Å². The molecule has 2 heterocycles. The van der Waals surface area contributed by atoms with Gasteiger partial charge in [0.1, 0.15) is 11.6 Å². The highest BCUT2D eigenvalue weighted by molar-refractivity contribution is 5.78. The number of methoxy groups -OCH3 is 1. The number of piperidine rings is 1. The second-order valence-electron chi connectivity index (χ2n) is 6.24. The quantitative estimate of drug-likeness (QED) is 0.939. The van der Waals surface area contributed by atoms with Gasteiger partial charge in [0.2, 0.25) is 0 Å². The van der Waals surface area contributed by atoms with Crippen molar-refractivity contribution in [2.75, 3.05) is 20.2 Å². The average Bonchev–Trinajstić information content (AvgIpc) is 2.85. The lowest BCUT2D eigenvalue weighted by atomic mass is 9.94. The van der Waals surface area contributed by atoms with Gasteiger partial charge in [0.05, 0.1) is 18.1 Å². The molecule has 1 aliphatic rings. The third kappa shape index (κ3) is 2.91. The van der Waals surface area contributed by atoms with E-state index in [1.165, 1.54) is 24.2 Å². The van der Waals surface area contributed by atoms with Crippen molar-refractivity contribution in [2.24, 2.45) is 5.92 Å². The zero-order chi connectivity index (χ0) is 14.8. The van der Waals surface area contributed by atoms with Gasteiger partial charge in [-0.25, -0.2) is 4.98 Å². The van der Waals surface area contributed by atoms with Crippen molar-refractivity contribution >= 4 is 11.0 Å². The Bertz CT molecular complexity index is 612. The zero-order valence-electron chi connectivity index (χ0n) is 13.2. The monoisotopic (exact) mass is 287 g/mol. The molecule has 4 nitrogen and oxygen atoms in total. The molecule has 0 radical (unpaired) electrons. The Morgan fingerprint density at radius 3 is 2.76 bits per heavy atom. The molecular weight excluding hydrogens is 262 g/mol. The first-order valence-electron chi connectivity index (χ1n) is 7.94. The Balaban J connectivity index is 1.97. The number of nitrogens with one attached hydrogen (secondary N) is 1. The lowest BCUT2D eigenvalue weighted by Gasteiger charge is -2.23. The van der Waals surface area contributed by atoms with E-state index in [-0.39, 0.29) is 0 Å². The minimum absolute atomic E-state index is 0.431. The van der Waals surface area contributed by atoms with Gasteiger partial charge in [-0.15, -0.1) is 0 Å². The molecule has 0 bridgehead atoms. The van der Waals surface area contributed by atoms with Crippen LogP contribution in [-0.4, -0.2) is 29.8 Å². The molecule has 1 aliphatic heterocycles. The number of hydrogen-bond acceptors (Lipinski definition) is 3. The number of nitrogens with zero attached hydrogens (tertiary/aromatic N) is 2. The fraction of sp³-hybridized carbons (Fsp3) is 0.588. The van der Waals surface area contributed by atoms with Gasteiger partial charge in [-0.1, -0.05) is 0 Å². The van der Waals surface area contributed by atoms with E-state index in [9.17, 15) is 0 Å². The maximum atomic E-state index is 5.32. The van der Waals surface area contributed by atoms with Gasteiger partial charge in [-0.3, -0.25) is 0 Å². The molecule has 3 rings (SSSR count). The summed E-state index contributed by atoms with van der Waals surface area (Å²) < 4.78 is 7.71. The minimum atomic E-state index is 0.431. The van der Waals surface area contributed by atoms with E-state index in [1.54, 1.807) is 7.11 Å². The van der Waals surface area contributed by atoms with Crippen molar-refractivity contribution < 1.29 is 4.74 Å². The van der Waals surface area contributed by atoms with Crippen LogP contribution in [-0.2, 0) is 6.42 Å². The lowest BCUT2D eigenvalue weighted by molar-refractivity contribution is 0.361.